The number of benzene rings is 2. The first kappa shape index (κ1) is 15.7. The van der Waals surface area contributed by atoms with Crippen molar-refractivity contribution in [2.75, 3.05) is 11.9 Å². The van der Waals surface area contributed by atoms with Crippen molar-refractivity contribution < 1.29 is 18.7 Å². The van der Waals surface area contributed by atoms with Gasteiger partial charge in [-0.2, -0.15) is 0 Å². The summed E-state index contributed by atoms with van der Waals surface area (Å²) < 4.78 is 10.2. The van der Waals surface area contributed by atoms with Gasteiger partial charge in [-0.15, -0.1) is 0 Å². The molecule has 6 nitrogen and oxygen atoms in total. The van der Waals surface area contributed by atoms with Crippen LogP contribution in [-0.2, 0) is 9.53 Å². The van der Waals surface area contributed by atoms with Gasteiger partial charge in [-0.05, 0) is 49.2 Å². The number of carbonyl (C=O) groups excluding carboxylic acids is 2. The Morgan fingerprint density at radius 2 is 2.04 bits per heavy atom. The minimum atomic E-state index is -0.587. The molecule has 0 saturated carbocycles. The zero-order valence-electron chi connectivity index (χ0n) is 13.3. The molecule has 0 saturated heterocycles. The van der Waals surface area contributed by atoms with Crippen molar-refractivity contribution in [1.29, 1.82) is 0 Å². The molecule has 0 atom stereocenters. The number of amides is 1. The van der Waals surface area contributed by atoms with E-state index in [1.165, 1.54) is 6.39 Å². The number of oxazole rings is 1. The van der Waals surface area contributed by atoms with Gasteiger partial charge in [-0.1, -0.05) is 12.1 Å². The van der Waals surface area contributed by atoms with Gasteiger partial charge in [0, 0.05) is 5.69 Å². The van der Waals surface area contributed by atoms with E-state index in [2.05, 4.69) is 10.3 Å². The van der Waals surface area contributed by atoms with Crippen LogP contribution in [0.4, 0.5) is 5.69 Å². The third-order valence-corrected chi connectivity index (χ3v) is 3.78. The van der Waals surface area contributed by atoms with E-state index in [-0.39, 0.29) is 12.5 Å². The van der Waals surface area contributed by atoms with Crippen LogP contribution < -0.4 is 5.32 Å². The van der Waals surface area contributed by atoms with Gasteiger partial charge >= 0.3 is 5.97 Å². The van der Waals surface area contributed by atoms with Gasteiger partial charge in [0.15, 0.2) is 18.6 Å². The molecular formula is C18H16N2O4. The van der Waals surface area contributed by atoms with Gasteiger partial charge in [-0.25, -0.2) is 9.78 Å². The van der Waals surface area contributed by atoms with Crippen LogP contribution in [0.2, 0.25) is 0 Å². The third-order valence-electron chi connectivity index (χ3n) is 3.78. The Labute approximate surface area is 138 Å². The van der Waals surface area contributed by atoms with Crippen LogP contribution in [0.15, 0.2) is 47.2 Å². The highest BCUT2D eigenvalue weighted by Crippen LogP contribution is 2.18. The van der Waals surface area contributed by atoms with Gasteiger partial charge in [0.05, 0.1) is 5.56 Å². The maximum atomic E-state index is 12.0. The predicted octanol–water partition coefficient (Wildman–Crippen LogP) is 3.24. The van der Waals surface area contributed by atoms with Crippen molar-refractivity contribution in [2.24, 2.45) is 0 Å². The monoisotopic (exact) mass is 324 g/mol. The maximum Gasteiger partial charge on any atom is 0.338 e. The van der Waals surface area contributed by atoms with E-state index in [1.807, 2.05) is 26.0 Å². The second-order valence-electron chi connectivity index (χ2n) is 5.41. The molecule has 0 bridgehead atoms. The lowest BCUT2D eigenvalue weighted by Gasteiger charge is -2.10. The van der Waals surface area contributed by atoms with E-state index in [9.17, 15) is 9.59 Å². The van der Waals surface area contributed by atoms with Gasteiger partial charge < -0.3 is 14.5 Å². The SMILES string of the molecule is Cc1cccc(NC(=O)COC(=O)c2ccc3ocnc3c2)c1C. The Hall–Kier alpha value is -3.15. The minimum absolute atomic E-state index is 0.316. The first-order valence-corrected chi connectivity index (χ1v) is 7.41. The van der Waals surface area contributed by atoms with Crippen LogP contribution >= 0.6 is 0 Å². The molecule has 24 heavy (non-hydrogen) atoms. The minimum Gasteiger partial charge on any atom is -0.452 e. The smallest absolute Gasteiger partial charge is 0.338 e. The topological polar surface area (TPSA) is 81.4 Å². The van der Waals surface area contributed by atoms with Crippen LogP contribution in [0.25, 0.3) is 11.1 Å². The summed E-state index contributed by atoms with van der Waals surface area (Å²) >= 11 is 0. The third kappa shape index (κ3) is 3.27. The lowest BCUT2D eigenvalue weighted by Crippen LogP contribution is -2.21. The summed E-state index contributed by atoms with van der Waals surface area (Å²) in [7, 11) is 0. The number of ether oxygens (including phenoxy) is 1. The molecule has 0 aliphatic rings. The average molecular weight is 324 g/mol. The molecule has 2 aromatic carbocycles. The molecule has 0 aliphatic heterocycles. The lowest BCUT2D eigenvalue weighted by molar-refractivity contribution is -0.119. The Kier molecular flexibility index (Phi) is 4.29. The van der Waals surface area contributed by atoms with Crippen LogP contribution in [0.3, 0.4) is 0 Å². The second-order valence-corrected chi connectivity index (χ2v) is 5.41. The second kappa shape index (κ2) is 6.54. The molecule has 122 valence electrons. The number of nitrogens with one attached hydrogen (secondary N) is 1. The van der Waals surface area contributed by atoms with Gasteiger partial charge in [-0.3, -0.25) is 4.79 Å². The highest BCUT2D eigenvalue weighted by atomic mass is 16.5. The van der Waals surface area contributed by atoms with Crippen molar-refractivity contribution in [3.63, 3.8) is 0 Å². The number of esters is 1. The number of nitrogens with zero attached hydrogens (tertiary/aromatic N) is 1. The molecule has 1 amide bonds. The number of carbonyl (C=O) groups is 2. The summed E-state index contributed by atoms with van der Waals surface area (Å²) in [5.74, 6) is -0.976. The zero-order chi connectivity index (χ0) is 17.1. The van der Waals surface area contributed by atoms with Crippen molar-refractivity contribution in [3.05, 3.63) is 59.5 Å². The molecule has 0 unspecified atom stereocenters. The van der Waals surface area contributed by atoms with Gasteiger partial charge in [0.1, 0.15) is 5.52 Å². The average Bonchev–Trinajstić information content (AvgIpc) is 3.04. The fourth-order valence-electron chi connectivity index (χ4n) is 2.27. The van der Waals surface area contributed by atoms with Crippen molar-refractivity contribution in [1.82, 2.24) is 4.98 Å². The molecule has 0 aliphatic carbocycles. The maximum absolute atomic E-state index is 12.0. The van der Waals surface area contributed by atoms with E-state index in [4.69, 9.17) is 9.15 Å². The molecule has 6 heteroatoms. The van der Waals surface area contributed by atoms with Crippen LogP contribution in [0.1, 0.15) is 21.5 Å². The Morgan fingerprint density at radius 3 is 2.88 bits per heavy atom. The summed E-state index contributed by atoms with van der Waals surface area (Å²) in [5.41, 5.74) is 4.22. The highest BCUT2D eigenvalue weighted by molar-refractivity contribution is 5.97. The number of fused-ring (bicyclic) bond motifs is 1. The largest absolute Gasteiger partial charge is 0.452 e. The Bertz CT molecular complexity index is 914. The Morgan fingerprint density at radius 1 is 1.21 bits per heavy atom. The van der Waals surface area contributed by atoms with E-state index >= 15 is 0 Å². The van der Waals surface area contributed by atoms with Crippen LogP contribution in [-0.4, -0.2) is 23.5 Å². The lowest BCUT2D eigenvalue weighted by atomic mass is 10.1. The van der Waals surface area contributed by atoms with Gasteiger partial charge in [0.2, 0.25) is 0 Å². The standard InChI is InChI=1S/C18H16N2O4/c1-11-4-3-5-14(12(11)2)20-17(21)9-23-18(22)13-6-7-16-15(8-13)19-10-24-16/h3-8,10H,9H2,1-2H3,(H,20,21). The van der Waals surface area contributed by atoms with E-state index in [1.54, 1.807) is 24.3 Å². The summed E-state index contributed by atoms with van der Waals surface area (Å²) in [5, 5.41) is 2.74. The number of rotatable bonds is 4. The first-order valence-electron chi connectivity index (χ1n) is 7.41. The predicted molar refractivity (Wildman–Crippen MR) is 88.8 cm³/mol. The summed E-state index contributed by atoms with van der Waals surface area (Å²) in [6.07, 6.45) is 1.30. The molecule has 3 aromatic rings. The molecular weight excluding hydrogens is 308 g/mol. The number of anilines is 1. The number of aryl methyl sites for hydroxylation is 1. The zero-order valence-corrected chi connectivity index (χ0v) is 13.3. The van der Waals surface area contributed by atoms with E-state index < -0.39 is 5.97 Å². The van der Waals surface area contributed by atoms with Crippen molar-refractivity contribution in [2.45, 2.75) is 13.8 Å². The molecule has 0 radical (unpaired) electrons. The fraction of sp³-hybridized carbons (Fsp3) is 0.167. The normalized spacial score (nSPS) is 10.6. The number of hydrogen-bond acceptors (Lipinski definition) is 5. The van der Waals surface area contributed by atoms with Crippen molar-refractivity contribution >= 4 is 28.7 Å². The van der Waals surface area contributed by atoms with Gasteiger partial charge in [0.25, 0.3) is 5.91 Å². The highest BCUT2D eigenvalue weighted by Gasteiger charge is 2.13. The van der Waals surface area contributed by atoms with E-state index in [0.717, 1.165) is 11.1 Å². The number of hydrogen-bond donors (Lipinski definition) is 1. The summed E-state index contributed by atoms with van der Waals surface area (Å²) in [6.45, 7) is 3.53. The summed E-state index contributed by atoms with van der Waals surface area (Å²) in [4.78, 5) is 28.0. The Balaban J connectivity index is 1.61. The quantitative estimate of drug-likeness (QED) is 0.745. The molecule has 1 aromatic heterocycles. The van der Waals surface area contributed by atoms with Crippen molar-refractivity contribution in [3.8, 4) is 0 Å². The van der Waals surface area contributed by atoms with Crippen LogP contribution in [0.5, 0.6) is 0 Å². The fourth-order valence-corrected chi connectivity index (χ4v) is 2.27. The number of aromatic nitrogens is 1. The molecule has 1 heterocycles. The molecule has 0 fully saturated rings. The first-order chi connectivity index (χ1) is 11.5. The molecule has 1 N–H and O–H groups in total. The summed E-state index contributed by atoms with van der Waals surface area (Å²) in [6, 6.07) is 10.4. The molecule has 0 spiro atoms. The molecule has 3 rings (SSSR count). The van der Waals surface area contributed by atoms with Crippen LogP contribution in [0, 0.1) is 13.8 Å². The van der Waals surface area contributed by atoms with E-state index in [0.29, 0.717) is 22.4 Å².